The first-order chi connectivity index (χ1) is 9.19. The third-order valence-corrected chi connectivity index (χ3v) is 3.64. The average molecular weight is 367 g/mol. The molecule has 0 aliphatic carbocycles. The highest BCUT2D eigenvalue weighted by molar-refractivity contribution is 14.1. The van der Waals surface area contributed by atoms with E-state index in [-0.39, 0.29) is 6.04 Å². The van der Waals surface area contributed by atoms with Gasteiger partial charge in [-0.1, -0.05) is 12.1 Å². The number of hydrogen-bond acceptors (Lipinski definition) is 2. The van der Waals surface area contributed by atoms with E-state index in [1.165, 1.54) is 9.13 Å². The lowest BCUT2D eigenvalue weighted by Crippen LogP contribution is -2.06. The van der Waals surface area contributed by atoms with Gasteiger partial charge in [0.05, 0.1) is 6.61 Å². The topological polar surface area (TPSA) is 21.3 Å². The Labute approximate surface area is 128 Å². The number of halogens is 1. The van der Waals surface area contributed by atoms with Gasteiger partial charge in [0, 0.05) is 15.3 Å². The third kappa shape index (κ3) is 4.13. The summed E-state index contributed by atoms with van der Waals surface area (Å²) in [7, 11) is 0. The van der Waals surface area contributed by atoms with E-state index in [9.17, 15) is 0 Å². The van der Waals surface area contributed by atoms with Crippen LogP contribution in [0.3, 0.4) is 0 Å². The van der Waals surface area contributed by atoms with E-state index in [4.69, 9.17) is 4.74 Å². The van der Waals surface area contributed by atoms with Crippen molar-refractivity contribution < 1.29 is 4.74 Å². The fraction of sp³-hybridized carbons (Fsp3) is 0.250. The molecule has 1 unspecified atom stereocenters. The molecule has 0 saturated heterocycles. The first-order valence-corrected chi connectivity index (χ1v) is 7.52. The Morgan fingerprint density at radius 1 is 1.05 bits per heavy atom. The van der Waals surface area contributed by atoms with Crippen LogP contribution in [-0.2, 0) is 0 Å². The third-order valence-electron chi connectivity index (χ3n) is 2.92. The van der Waals surface area contributed by atoms with Crippen molar-refractivity contribution in [1.29, 1.82) is 0 Å². The van der Waals surface area contributed by atoms with Gasteiger partial charge in [0.25, 0.3) is 0 Å². The predicted molar refractivity (Wildman–Crippen MR) is 88.8 cm³/mol. The first kappa shape index (κ1) is 14.2. The van der Waals surface area contributed by atoms with Crippen LogP contribution in [0.25, 0.3) is 0 Å². The molecule has 0 fully saturated rings. The van der Waals surface area contributed by atoms with Gasteiger partial charge in [-0.2, -0.15) is 0 Å². The molecule has 2 aromatic carbocycles. The van der Waals surface area contributed by atoms with Crippen LogP contribution in [0.2, 0.25) is 0 Å². The smallest absolute Gasteiger partial charge is 0.119 e. The number of rotatable bonds is 5. The second-order valence-corrected chi connectivity index (χ2v) is 5.62. The summed E-state index contributed by atoms with van der Waals surface area (Å²) in [5.74, 6) is 0.924. The minimum absolute atomic E-state index is 0.274. The largest absolute Gasteiger partial charge is 0.494 e. The summed E-state index contributed by atoms with van der Waals surface area (Å²) in [5.41, 5.74) is 2.39. The molecule has 2 rings (SSSR count). The molecular formula is C16H18INO. The SMILES string of the molecule is CCOc1ccc(C(C)Nc2ccc(I)cc2)cc1. The maximum absolute atomic E-state index is 5.45. The van der Waals surface area contributed by atoms with Crippen molar-refractivity contribution in [3.63, 3.8) is 0 Å². The van der Waals surface area contributed by atoms with Gasteiger partial charge in [0.15, 0.2) is 0 Å². The molecule has 0 amide bonds. The van der Waals surface area contributed by atoms with E-state index in [0.29, 0.717) is 6.61 Å². The zero-order valence-electron chi connectivity index (χ0n) is 11.2. The van der Waals surface area contributed by atoms with E-state index in [1.807, 2.05) is 19.1 Å². The van der Waals surface area contributed by atoms with Crippen molar-refractivity contribution in [2.75, 3.05) is 11.9 Å². The van der Waals surface area contributed by atoms with E-state index >= 15 is 0 Å². The Bertz CT molecular complexity index is 507. The fourth-order valence-electron chi connectivity index (χ4n) is 1.90. The highest BCUT2D eigenvalue weighted by Crippen LogP contribution is 2.22. The van der Waals surface area contributed by atoms with Crippen LogP contribution < -0.4 is 10.1 Å². The summed E-state index contributed by atoms with van der Waals surface area (Å²) < 4.78 is 6.70. The monoisotopic (exact) mass is 367 g/mol. The van der Waals surface area contributed by atoms with Crippen LogP contribution in [0.1, 0.15) is 25.5 Å². The van der Waals surface area contributed by atoms with E-state index in [2.05, 4.69) is 71.2 Å². The molecule has 1 N–H and O–H groups in total. The molecule has 2 aromatic rings. The summed E-state index contributed by atoms with van der Waals surface area (Å²) in [6, 6.07) is 16.9. The van der Waals surface area contributed by atoms with Crippen molar-refractivity contribution in [1.82, 2.24) is 0 Å². The van der Waals surface area contributed by atoms with Crippen LogP contribution in [-0.4, -0.2) is 6.61 Å². The van der Waals surface area contributed by atoms with Gasteiger partial charge in [-0.15, -0.1) is 0 Å². The van der Waals surface area contributed by atoms with Crippen LogP contribution in [0.4, 0.5) is 5.69 Å². The Hall–Kier alpha value is -1.23. The minimum Gasteiger partial charge on any atom is -0.494 e. The lowest BCUT2D eigenvalue weighted by molar-refractivity contribution is 0.340. The molecule has 0 radical (unpaired) electrons. The Morgan fingerprint density at radius 3 is 2.26 bits per heavy atom. The molecule has 0 aromatic heterocycles. The number of anilines is 1. The van der Waals surface area contributed by atoms with Gasteiger partial charge in [-0.3, -0.25) is 0 Å². The molecule has 0 saturated carbocycles. The normalized spacial score (nSPS) is 11.9. The van der Waals surface area contributed by atoms with Gasteiger partial charge >= 0.3 is 0 Å². The Kier molecular flexibility index (Phi) is 5.07. The van der Waals surface area contributed by atoms with Crippen LogP contribution in [0.5, 0.6) is 5.75 Å². The predicted octanol–water partition coefficient (Wildman–Crippen LogP) is 4.86. The molecule has 0 aliphatic rings. The maximum atomic E-state index is 5.45. The van der Waals surface area contributed by atoms with Crippen molar-refractivity contribution >= 4 is 28.3 Å². The van der Waals surface area contributed by atoms with E-state index in [1.54, 1.807) is 0 Å². The summed E-state index contributed by atoms with van der Waals surface area (Å²) in [6.07, 6.45) is 0. The Balaban J connectivity index is 2.02. The molecule has 19 heavy (non-hydrogen) atoms. The lowest BCUT2D eigenvalue weighted by atomic mass is 10.1. The summed E-state index contributed by atoms with van der Waals surface area (Å²) in [6.45, 7) is 4.86. The van der Waals surface area contributed by atoms with Crippen molar-refractivity contribution in [3.8, 4) is 5.75 Å². The van der Waals surface area contributed by atoms with Crippen molar-refractivity contribution in [2.45, 2.75) is 19.9 Å². The van der Waals surface area contributed by atoms with Gasteiger partial charge in [0.1, 0.15) is 5.75 Å². The minimum atomic E-state index is 0.274. The van der Waals surface area contributed by atoms with Crippen LogP contribution in [0.15, 0.2) is 48.5 Å². The zero-order valence-corrected chi connectivity index (χ0v) is 13.3. The number of hydrogen-bond donors (Lipinski definition) is 1. The standard InChI is InChI=1S/C16H18INO/c1-3-19-16-10-4-13(5-11-16)12(2)18-15-8-6-14(17)7-9-15/h4-12,18H,3H2,1-2H3. The number of ether oxygens (including phenoxy) is 1. The fourth-order valence-corrected chi connectivity index (χ4v) is 2.26. The lowest BCUT2D eigenvalue weighted by Gasteiger charge is -2.16. The molecule has 100 valence electrons. The van der Waals surface area contributed by atoms with Gasteiger partial charge < -0.3 is 10.1 Å². The zero-order chi connectivity index (χ0) is 13.7. The molecule has 0 aliphatic heterocycles. The molecule has 0 heterocycles. The van der Waals surface area contributed by atoms with Gasteiger partial charge in [0.2, 0.25) is 0 Å². The molecule has 1 atom stereocenters. The van der Waals surface area contributed by atoms with Gasteiger partial charge in [-0.25, -0.2) is 0 Å². The van der Waals surface area contributed by atoms with Crippen molar-refractivity contribution in [2.24, 2.45) is 0 Å². The number of nitrogens with one attached hydrogen (secondary N) is 1. The average Bonchev–Trinajstić information content (AvgIpc) is 2.42. The summed E-state index contributed by atoms with van der Waals surface area (Å²) >= 11 is 2.31. The number of benzene rings is 2. The highest BCUT2D eigenvalue weighted by Gasteiger charge is 2.05. The molecular weight excluding hydrogens is 349 g/mol. The van der Waals surface area contributed by atoms with E-state index < -0.39 is 0 Å². The van der Waals surface area contributed by atoms with E-state index in [0.717, 1.165) is 11.4 Å². The van der Waals surface area contributed by atoms with Gasteiger partial charge in [-0.05, 0) is 78.4 Å². The first-order valence-electron chi connectivity index (χ1n) is 6.44. The van der Waals surface area contributed by atoms with Crippen LogP contribution >= 0.6 is 22.6 Å². The van der Waals surface area contributed by atoms with Crippen LogP contribution in [0, 0.1) is 3.57 Å². The quantitative estimate of drug-likeness (QED) is 0.762. The molecule has 3 heteroatoms. The molecule has 0 bridgehead atoms. The molecule has 0 spiro atoms. The Morgan fingerprint density at radius 2 is 1.68 bits per heavy atom. The second-order valence-electron chi connectivity index (χ2n) is 4.37. The summed E-state index contributed by atoms with van der Waals surface area (Å²) in [4.78, 5) is 0. The highest BCUT2D eigenvalue weighted by atomic mass is 127. The maximum Gasteiger partial charge on any atom is 0.119 e. The molecule has 2 nitrogen and oxygen atoms in total. The summed E-state index contributed by atoms with van der Waals surface area (Å²) in [5, 5.41) is 3.49. The van der Waals surface area contributed by atoms with Crippen molar-refractivity contribution in [3.05, 3.63) is 57.7 Å². The second kappa shape index (κ2) is 6.80.